The summed E-state index contributed by atoms with van der Waals surface area (Å²) in [5.41, 5.74) is 4.62. The molecule has 0 aliphatic carbocycles. The SMILES string of the molecule is Cc1cc(C)c(NC(=O)CSC2NC(=O)CC(CC(=O)NCc3ccccc3)N2)c(C)c1. The quantitative estimate of drug-likeness (QED) is 0.492. The van der Waals surface area contributed by atoms with Gasteiger partial charge in [0.15, 0.2) is 0 Å². The molecule has 1 heterocycles. The van der Waals surface area contributed by atoms with E-state index in [-0.39, 0.29) is 42.4 Å². The highest BCUT2D eigenvalue weighted by Gasteiger charge is 2.28. The minimum absolute atomic E-state index is 0.118. The molecule has 8 heteroatoms. The first-order valence-electron chi connectivity index (χ1n) is 10.7. The summed E-state index contributed by atoms with van der Waals surface area (Å²) in [5, 5.41) is 11.9. The number of aryl methyl sites for hydroxylation is 3. The van der Waals surface area contributed by atoms with Gasteiger partial charge in [-0.05, 0) is 37.5 Å². The number of carbonyl (C=O) groups is 3. The highest BCUT2D eigenvalue weighted by Crippen LogP contribution is 2.22. The zero-order valence-electron chi connectivity index (χ0n) is 18.7. The van der Waals surface area contributed by atoms with Gasteiger partial charge < -0.3 is 16.0 Å². The summed E-state index contributed by atoms with van der Waals surface area (Å²) in [7, 11) is 0. The van der Waals surface area contributed by atoms with Gasteiger partial charge in [-0.3, -0.25) is 19.7 Å². The van der Waals surface area contributed by atoms with E-state index in [0.717, 1.165) is 27.9 Å². The topological polar surface area (TPSA) is 99.3 Å². The van der Waals surface area contributed by atoms with Crippen molar-refractivity contribution in [1.29, 1.82) is 0 Å². The van der Waals surface area contributed by atoms with Crippen LogP contribution in [0.3, 0.4) is 0 Å². The molecular formula is C24H30N4O3S. The Morgan fingerprint density at radius 3 is 2.44 bits per heavy atom. The van der Waals surface area contributed by atoms with Crippen molar-refractivity contribution in [3.05, 3.63) is 64.7 Å². The number of anilines is 1. The second kappa shape index (κ2) is 11.2. The minimum Gasteiger partial charge on any atom is -0.352 e. The Morgan fingerprint density at radius 2 is 1.75 bits per heavy atom. The summed E-state index contributed by atoms with van der Waals surface area (Å²) >= 11 is 1.30. The first kappa shape index (κ1) is 23.8. The van der Waals surface area contributed by atoms with Crippen molar-refractivity contribution in [3.8, 4) is 0 Å². The standard InChI is InChI=1S/C24H30N4O3S/c1-15-9-16(2)23(17(3)10-15)27-22(31)14-32-24-26-19(12-21(30)28-24)11-20(29)25-13-18-7-5-4-6-8-18/h4-10,19,24,26H,11-14H2,1-3H3,(H,25,29)(H,27,31)(H,28,30). The van der Waals surface area contributed by atoms with Crippen molar-refractivity contribution >= 4 is 35.2 Å². The first-order chi connectivity index (χ1) is 15.3. The summed E-state index contributed by atoms with van der Waals surface area (Å²) in [5.74, 6) is -0.207. The van der Waals surface area contributed by atoms with Crippen LogP contribution in [0.4, 0.5) is 5.69 Å². The molecule has 0 bridgehead atoms. The van der Waals surface area contributed by atoms with Crippen molar-refractivity contribution in [2.75, 3.05) is 11.1 Å². The van der Waals surface area contributed by atoms with Gasteiger partial charge in [-0.15, -0.1) is 11.8 Å². The van der Waals surface area contributed by atoms with Gasteiger partial charge in [0.2, 0.25) is 17.7 Å². The number of benzene rings is 2. The van der Waals surface area contributed by atoms with Gasteiger partial charge in [0.25, 0.3) is 0 Å². The molecule has 1 saturated heterocycles. The van der Waals surface area contributed by atoms with Crippen molar-refractivity contribution < 1.29 is 14.4 Å². The lowest BCUT2D eigenvalue weighted by Crippen LogP contribution is -2.56. The molecule has 1 aliphatic rings. The van der Waals surface area contributed by atoms with Crippen LogP contribution in [-0.2, 0) is 20.9 Å². The monoisotopic (exact) mass is 454 g/mol. The fourth-order valence-electron chi connectivity index (χ4n) is 3.77. The van der Waals surface area contributed by atoms with E-state index in [1.54, 1.807) is 0 Å². The smallest absolute Gasteiger partial charge is 0.234 e. The Balaban J connectivity index is 1.46. The molecule has 0 aromatic heterocycles. The number of nitrogens with one attached hydrogen (secondary N) is 4. The molecule has 0 radical (unpaired) electrons. The second-order valence-electron chi connectivity index (χ2n) is 8.11. The molecule has 7 nitrogen and oxygen atoms in total. The molecule has 2 aromatic rings. The van der Waals surface area contributed by atoms with Crippen LogP contribution in [0.5, 0.6) is 0 Å². The van der Waals surface area contributed by atoms with Gasteiger partial charge in [0, 0.05) is 31.1 Å². The van der Waals surface area contributed by atoms with Crippen molar-refractivity contribution in [1.82, 2.24) is 16.0 Å². The lowest BCUT2D eigenvalue weighted by molar-refractivity contribution is -0.125. The lowest BCUT2D eigenvalue weighted by Gasteiger charge is -2.30. The molecule has 32 heavy (non-hydrogen) atoms. The molecule has 1 aliphatic heterocycles. The molecular weight excluding hydrogens is 424 g/mol. The third-order valence-corrected chi connectivity index (χ3v) is 6.21. The van der Waals surface area contributed by atoms with Gasteiger partial charge >= 0.3 is 0 Å². The van der Waals surface area contributed by atoms with Crippen LogP contribution in [0.15, 0.2) is 42.5 Å². The largest absolute Gasteiger partial charge is 0.352 e. The van der Waals surface area contributed by atoms with Crippen LogP contribution in [0.2, 0.25) is 0 Å². The maximum atomic E-state index is 12.5. The third kappa shape index (κ3) is 7.10. The Labute approximate surface area is 193 Å². The molecule has 3 amide bonds. The molecule has 2 atom stereocenters. The van der Waals surface area contributed by atoms with E-state index >= 15 is 0 Å². The van der Waals surface area contributed by atoms with Crippen molar-refractivity contribution in [3.63, 3.8) is 0 Å². The predicted octanol–water partition coefficient (Wildman–Crippen LogP) is 2.75. The Bertz CT molecular complexity index is 957. The number of carbonyl (C=O) groups excluding carboxylic acids is 3. The highest BCUT2D eigenvalue weighted by atomic mass is 32.2. The first-order valence-corrected chi connectivity index (χ1v) is 11.7. The maximum Gasteiger partial charge on any atom is 0.234 e. The van der Waals surface area contributed by atoms with E-state index in [2.05, 4.69) is 21.3 Å². The molecule has 2 unspecified atom stereocenters. The predicted molar refractivity (Wildman–Crippen MR) is 128 cm³/mol. The van der Waals surface area contributed by atoms with Crippen LogP contribution >= 0.6 is 11.8 Å². The van der Waals surface area contributed by atoms with Crippen LogP contribution in [-0.4, -0.2) is 35.0 Å². The van der Waals surface area contributed by atoms with Gasteiger partial charge in [-0.1, -0.05) is 48.0 Å². The number of hydrogen-bond donors (Lipinski definition) is 4. The minimum atomic E-state index is -0.422. The number of hydrogen-bond acceptors (Lipinski definition) is 5. The average Bonchev–Trinajstić information content (AvgIpc) is 2.74. The molecule has 170 valence electrons. The second-order valence-corrected chi connectivity index (χ2v) is 9.21. The van der Waals surface area contributed by atoms with E-state index in [1.807, 2.05) is 63.2 Å². The lowest BCUT2D eigenvalue weighted by atomic mass is 10.1. The van der Waals surface area contributed by atoms with Crippen LogP contribution in [0, 0.1) is 20.8 Å². The van der Waals surface area contributed by atoms with Gasteiger partial charge in [-0.25, -0.2) is 0 Å². The average molecular weight is 455 g/mol. The van der Waals surface area contributed by atoms with Crippen LogP contribution in [0.1, 0.15) is 35.1 Å². The normalized spacial score (nSPS) is 18.0. The maximum absolute atomic E-state index is 12.5. The highest BCUT2D eigenvalue weighted by molar-refractivity contribution is 8.00. The fourth-order valence-corrected chi connectivity index (χ4v) is 4.66. The molecule has 4 N–H and O–H groups in total. The Hall–Kier alpha value is -2.84. The zero-order chi connectivity index (χ0) is 23.1. The summed E-state index contributed by atoms with van der Waals surface area (Å²) in [4.78, 5) is 36.9. The van der Waals surface area contributed by atoms with Gasteiger partial charge in [0.1, 0.15) is 5.50 Å². The Morgan fingerprint density at radius 1 is 1.06 bits per heavy atom. The number of rotatable bonds is 8. The van der Waals surface area contributed by atoms with Crippen LogP contribution in [0.25, 0.3) is 0 Å². The summed E-state index contributed by atoms with van der Waals surface area (Å²) in [6.07, 6.45) is 0.426. The number of thioether (sulfide) groups is 1. The van der Waals surface area contributed by atoms with Crippen molar-refractivity contribution in [2.24, 2.45) is 0 Å². The van der Waals surface area contributed by atoms with E-state index in [1.165, 1.54) is 11.8 Å². The fraction of sp³-hybridized carbons (Fsp3) is 0.375. The Kier molecular flexibility index (Phi) is 8.30. The van der Waals surface area contributed by atoms with E-state index in [4.69, 9.17) is 0 Å². The zero-order valence-corrected chi connectivity index (χ0v) is 19.5. The van der Waals surface area contributed by atoms with Gasteiger partial charge in [0.05, 0.1) is 5.75 Å². The summed E-state index contributed by atoms with van der Waals surface area (Å²) in [6.45, 7) is 6.42. The molecule has 1 fully saturated rings. The van der Waals surface area contributed by atoms with E-state index in [0.29, 0.717) is 6.54 Å². The number of amides is 3. The molecule has 0 saturated carbocycles. The van der Waals surface area contributed by atoms with E-state index in [9.17, 15) is 14.4 Å². The summed E-state index contributed by atoms with van der Waals surface area (Å²) < 4.78 is 0. The molecule has 0 spiro atoms. The van der Waals surface area contributed by atoms with Crippen LogP contribution < -0.4 is 21.3 Å². The molecule has 2 aromatic carbocycles. The third-order valence-electron chi connectivity index (χ3n) is 5.20. The van der Waals surface area contributed by atoms with Crippen molar-refractivity contribution in [2.45, 2.75) is 51.7 Å². The molecule has 3 rings (SSSR count). The van der Waals surface area contributed by atoms with Gasteiger partial charge in [-0.2, -0.15) is 0 Å². The van der Waals surface area contributed by atoms with E-state index < -0.39 is 5.50 Å². The summed E-state index contributed by atoms with van der Waals surface area (Å²) in [6, 6.07) is 13.5.